The lowest BCUT2D eigenvalue weighted by Gasteiger charge is -2.31. The number of Topliss-reactive ketones (excluding diaryl/α,β-unsaturated/α-hetero) is 1. The highest BCUT2D eigenvalue weighted by Gasteiger charge is 2.43. The Balaban J connectivity index is 1.41. The van der Waals surface area contributed by atoms with Crippen LogP contribution in [0.4, 0.5) is 5.69 Å². The number of halogens is 1. The Morgan fingerprint density at radius 2 is 1.90 bits per heavy atom. The number of ketones is 1. The smallest absolute Gasteiger partial charge is 0.251 e. The molecule has 3 aromatic rings. The zero-order chi connectivity index (χ0) is 21.0. The average molecular weight is 466 g/mol. The van der Waals surface area contributed by atoms with E-state index in [2.05, 4.69) is 31.9 Å². The highest BCUT2D eigenvalue weighted by Crippen LogP contribution is 2.34. The number of para-hydroxylation sites is 1. The number of benzene rings is 2. The van der Waals surface area contributed by atoms with Crippen molar-refractivity contribution in [3.05, 3.63) is 63.8 Å². The lowest BCUT2D eigenvalue weighted by Crippen LogP contribution is -2.44. The van der Waals surface area contributed by atoms with Gasteiger partial charge in [-0.25, -0.2) is 4.90 Å². The molecule has 7 heteroatoms. The second-order valence-corrected chi connectivity index (χ2v) is 8.71. The largest absolute Gasteiger partial charge is 0.357 e. The fraction of sp³-hybridized carbons (Fsp3) is 0.261. The standard InChI is InChI=1S/C23H20BrN3O3/c1-13(28)14-5-7-15(8-6-14)27-21(29)11-20(23(27)30)26-10-9-19-17(12-26)16-3-2-4-18(24)22(16)25-19/h2-8,20,25H,9-12H2,1H3. The van der Waals surface area contributed by atoms with Crippen molar-refractivity contribution in [1.82, 2.24) is 9.88 Å². The lowest BCUT2D eigenvalue weighted by molar-refractivity contribution is -0.123. The van der Waals surface area contributed by atoms with E-state index in [0.29, 0.717) is 17.8 Å². The summed E-state index contributed by atoms with van der Waals surface area (Å²) in [5.41, 5.74) is 4.55. The summed E-state index contributed by atoms with van der Waals surface area (Å²) >= 11 is 3.60. The van der Waals surface area contributed by atoms with Crippen molar-refractivity contribution in [3.8, 4) is 0 Å². The minimum Gasteiger partial charge on any atom is -0.357 e. The number of hydrogen-bond donors (Lipinski definition) is 1. The van der Waals surface area contributed by atoms with E-state index in [1.807, 2.05) is 12.1 Å². The molecule has 5 rings (SSSR count). The normalized spacial score (nSPS) is 19.5. The van der Waals surface area contributed by atoms with Crippen LogP contribution in [0.3, 0.4) is 0 Å². The third-order valence-electron chi connectivity index (χ3n) is 6.08. The molecule has 1 atom stereocenters. The molecule has 3 heterocycles. The summed E-state index contributed by atoms with van der Waals surface area (Å²) in [5, 5.41) is 1.15. The van der Waals surface area contributed by atoms with Gasteiger partial charge in [-0.1, -0.05) is 12.1 Å². The maximum atomic E-state index is 13.2. The monoisotopic (exact) mass is 465 g/mol. The number of nitrogens with zero attached hydrogens (tertiary/aromatic N) is 2. The van der Waals surface area contributed by atoms with Crippen molar-refractivity contribution in [2.45, 2.75) is 32.4 Å². The Hall–Kier alpha value is -2.77. The number of aromatic nitrogens is 1. The number of aromatic amines is 1. The van der Waals surface area contributed by atoms with E-state index in [4.69, 9.17) is 0 Å². The summed E-state index contributed by atoms with van der Waals surface area (Å²) in [4.78, 5) is 44.3. The van der Waals surface area contributed by atoms with Gasteiger partial charge in [0.15, 0.2) is 5.78 Å². The molecule has 2 aromatic carbocycles. The van der Waals surface area contributed by atoms with Crippen LogP contribution in [0.25, 0.3) is 10.9 Å². The number of anilines is 1. The first-order valence-electron chi connectivity index (χ1n) is 9.94. The van der Waals surface area contributed by atoms with Gasteiger partial charge in [0.05, 0.1) is 23.7 Å². The Labute approximate surface area is 182 Å². The Morgan fingerprint density at radius 1 is 1.13 bits per heavy atom. The molecule has 2 amide bonds. The highest BCUT2D eigenvalue weighted by molar-refractivity contribution is 9.10. The summed E-state index contributed by atoms with van der Waals surface area (Å²) in [7, 11) is 0. The van der Waals surface area contributed by atoms with Crippen LogP contribution in [-0.4, -0.2) is 40.1 Å². The number of imide groups is 1. The van der Waals surface area contributed by atoms with E-state index >= 15 is 0 Å². The number of fused-ring (bicyclic) bond motifs is 3. The molecule has 6 nitrogen and oxygen atoms in total. The molecular weight excluding hydrogens is 446 g/mol. The van der Waals surface area contributed by atoms with Crippen LogP contribution in [-0.2, 0) is 22.6 Å². The quantitative estimate of drug-likeness (QED) is 0.471. The van der Waals surface area contributed by atoms with E-state index in [0.717, 1.165) is 28.3 Å². The average Bonchev–Trinajstić information content (AvgIpc) is 3.25. The van der Waals surface area contributed by atoms with Crippen molar-refractivity contribution in [2.75, 3.05) is 11.4 Å². The van der Waals surface area contributed by atoms with Gasteiger partial charge in [-0.05, 0) is 58.7 Å². The number of carbonyl (C=O) groups is 3. The van der Waals surface area contributed by atoms with Gasteiger partial charge in [0.2, 0.25) is 5.91 Å². The van der Waals surface area contributed by atoms with Gasteiger partial charge >= 0.3 is 0 Å². The number of carbonyl (C=O) groups excluding carboxylic acids is 3. The van der Waals surface area contributed by atoms with Gasteiger partial charge < -0.3 is 4.98 Å². The number of rotatable bonds is 3. The summed E-state index contributed by atoms with van der Waals surface area (Å²) in [6.07, 6.45) is 0.983. The summed E-state index contributed by atoms with van der Waals surface area (Å²) in [6.45, 7) is 2.84. The van der Waals surface area contributed by atoms with Gasteiger partial charge in [0.25, 0.3) is 5.91 Å². The topological polar surface area (TPSA) is 73.5 Å². The second kappa shape index (κ2) is 7.18. The minimum atomic E-state index is -0.463. The summed E-state index contributed by atoms with van der Waals surface area (Å²) in [5.74, 6) is -0.443. The van der Waals surface area contributed by atoms with Crippen molar-refractivity contribution >= 4 is 50.1 Å². The van der Waals surface area contributed by atoms with Crippen molar-refractivity contribution in [3.63, 3.8) is 0 Å². The molecule has 1 fully saturated rings. The molecule has 1 saturated heterocycles. The zero-order valence-corrected chi connectivity index (χ0v) is 18.0. The van der Waals surface area contributed by atoms with Gasteiger partial charge in [0, 0.05) is 40.6 Å². The molecule has 1 aromatic heterocycles. The van der Waals surface area contributed by atoms with Crippen LogP contribution in [0.1, 0.15) is 35.0 Å². The van der Waals surface area contributed by atoms with E-state index in [1.165, 1.54) is 23.1 Å². The number of amides is 2. The van der Waals surface area contributed by atoms with Crippen LogP contribution in [0.2, 0.25) is 0 Å². The van der Waals surface area contributed by atoms with Crippen LogP contribution < -0.4 is 4.90 Å². The molecule has 0 bridgehead atoms. The first kappa shape index (κ1) is 19.2. The molecule has 152 valence electrons. The van der Waals surface area contributed by atoms with Crippen molar-refractivity contribution < 1.29 is 14.4 Å². The van der Waals surface area contributed by atoms with Gasteiger partial charge in [0.1, 0.15) is 0 Å². The molecule has 30 heavy (non-hydrogen) atoms. The van der Waals surface area contributed by atoms with E-state index in [-0.39, 0.29) is 24.0 Å². The van der Waals surface area contributed by atoms with Gasteiger partial charge in [-0.2, -0.15) is 0 Å². The van der Waals surface area contributed by atoms with Crippen LogP contribution >= 0.6 is 15.9 Å². The molecule has 1 unspecified atom stereocenters. The minimum absolute atomic E-state index is 0.0482. The van der Waals surface area contributed by atoms with Crippen molar-refractivity contribution in [2.24, 2.45) is 0 Å². The molecule has 1 N–H and O–H groups in total. The highest BCUT2D eigenvalue weighted by atomic mass is 79.9. The van der Waals surface area contributed by atoms with E-state index < -0.39 is 6.04 Å². The summed E-state index contributed by atoms with van der Waals surface area (Å²) < 4.78 is 1.02. The number of nitrogens with one attached hydrogen (secondary N) is 1. The third-order valence-corrected chi connectivity index (χ3v) is 6.75. The van der Waals surface area contributed by atoms with E-state index in [9.17, 15) is 14.4 Å². The van der Waals surface area contributed by atoms with Crippen LogP contribution in [0.15, 0.2) is 46.9 Å². The first-order chi connectivity index (χ1) is 14.4. The third kappa shape index (κ3) is 3.00. The maximum absolute atomic E-state index is 13.2. The maximum Gasteiger partial charge on any atom is 0.251 e. The molecule has 0 spiro atoms. The molecule has 2 aliphatic rings. The van der Waals surface area contributed by atoms with E-state index in [1.54, 1.807) is 24.3 Å². The Bertz CT molecular complexity index is 1200. The molecule has 2 aliphatic heterocycles. The summed E-state index contributed by atoms with van der Waals surface area (Å²) in [6, 6.07) is 12.3. The lowest BCUT2D eigenvalue weighted by atomic mass is 10.0. The number of hydrogen-bond acceptors (Lipinski definition) is 4. The molecular formula is C23H20BrN3O3. The first-order valence-corrected chi connectivity index (χ1v) is 10.7. The van der Waals surface area contributed by atoms with Crippen molar-refractivity contribution in [1.29, 1.82) is 0 Å². The predicted octanol–water partition coefficient (Wildman–Crippen LogP) is 3.82. The van der Waals surface area contributed by atoms with Crippen LogP contribution in [0.5, 0.6) is 0 Å². The molecule has 0 aliphatic carbocycles. The van der Waals surface area contributed by atoms with Crippen LogP contribution in [0, 0.1) is 0 Å². The van der Waals surface area contributed by atoms with Gasteiger partial charge in [-0.15, -0.1) is 0 Å². The Kier molecular flexibility index (Phi) is 4.60. The molecule has 0 radical (unpaired) electrons. The second-order valence-electron chi connectivity index (χ2n) is 7.86. The number of H-pyrrole nitrogens is 1. The van der Waals surface area contributed by atoms with Gasteiger partial charge in [-0.3, -0.25) is 19.3 Å². The Morgan fingerprint density at radius 3 is 2.63 bits per heavy atom. The fourth-order valence-electron chi connectivity index (χ4n) is 4.51. The molecule has 0 saturated carbocycles. The fourth-order valence-corrected chi connectivity index (χ4v) is 4.97. The predicted molar refractivity (Wildman–Crippen MR) is 117 cm³/mol. The zero-order valence-electron chi connectivity index (χ0n) is 16.4. The SMILES string of the molecule is CC(=O)c1ccc(N2C(=O)CC(N3CCc4[nH]c5c(Br)cccc5c4C3)C2=O)cc1.